The predicted octanol–water partition coefficient (Wildman–Crippen LogP) is 4.64. The van der Waals surface area contributed by atoms with E-state index in [1.165, 1.54) is 0 Å². The van der Waals surface area contributed by atoms with Crippen LogP contribution in [0.5, 0.6) is 0 Å². The number of nitriles is 1. The van der Waals surface area contributed by atoms with Gasteiger partial charge in [0.15, 0.2) is 5.76 Å². The van der Waals surface area contributed by atoms with Gasteiger partial charge in [-0.2, -0.15) is 5.26 Å². The summed E-state index contributed by atoms with van der Waals surface area (Å²) in [5.74, 6) is 0.541. The lowest BCUT2D eigenvalue weighted by atomic mass is 10.1. The first-order valence-corrected chi connectivity index (χ1v) is 8.85. The Bertz CT molecular complexity index is 1190. The van der Waals surface area contributed by atoms with Crippen LogP contribution in [0.15, 0.2) is 77.3 Å². The summed E-state index contributed by atoms with van der Waals surface area (Å²) in [4.78, 5) is 14.6. The number of benzene rings is 3. The molecule has 136 valence electrons. The van der Waals surface area contributed by atoms with E-state index in [0.717, 1.165) is 16.5 Å². The Morgan fingerprint density at radius 3 is 2.68 bits per heavy atom. The average molecular weight is 367 g/mol. The van der Waals surface area contributed by atoms with Gasteiger partial charge in [-0.25, -0.2) is 0 Å². The standard InChI is InChI=1S/C23H17N3O2/c1-26(15-17-7-5-6-16(12-17)14-24)23(27)19-10-11-21-20(13-19)22(28-25-21)18-8-3-2-4-9-18/h2-13H,15H2,1H3. The summed E-state index contributed by atoms with van der Waals surface area (Å²) in [7, 11) is 1.75. The highest BCUT2D eigenvalue weighted by Crippen LogP contribution is 2.29. The number of rotatable bonds is 4. The maximum atomic E-state index is 12.9. The van der Waals surface area contributed by atoms with Crippen LogP contribution in [0.4, 0.5) is 0 Å². The molecule has 0 aliphatic heterocycles. The van der Waals surface area contributed by atoms with E-state index < -0.39 is 0 Å². The van der Waals surface area contributed by atoms with Crippen LogP contribution < -0.4 is 0 Å². The molecule has 5 nitrogen and oxygen atoms in total. The van der Waals surface area contributed by atoms with Crippen LogP contribution >= 0.6 is 0 Å². The third kappa shape index (κ3) is 3.36. The molecule has 4 aromatic rings. The first kappa shape index (κ1) is 17.5. The van der Waals surface area contributed by atoms with Gasteiger partial charge in [0, 0.05) is 24.7 Å². The number of carbonyl (C=O) groups excluding carboxylic acids is 1. The van der Waals surface area contributed by atoms with Crippen LogP contribution in [-0.2, 0) is 6.54 Å². The van der Waals surface area contributed by atoms with Gasteiger partial charge in [0.1, 0.15) is 5.52 Å². The van der Waals surface area contributed by atoms with Gasteiger partial charge in [0.2, 0.25) is 0 Å². The number of fused-ring (bicyclic) bond motifs is 1. The van der Waals surface area contributed by atoms with Crippen molar-refractivity contribution in [3.8, 4) is 17.4 Å². The maximum Gasteiger partial charge on any atom is 0.253 e. The molecule has 0 saturated heterocycles. The first-order valence-electron chi connectivity index (χ1n) is 8.85. The van der Waals surface area contributed by atoms with Gasteiger partial charge in [0.25, 0.3) is 5.91 Å². The van der Waals surface area contributed by atoms with Crippen molar-refractivity contribution >= 4 is 16.8 Å². The first-order chi connectivity index (χ1) is 13.7. The lowest BCUT2D eigenvalue weighted by molar-refractivity contribution is 0.0785. The summed E-state index contributed by atoms with van der Waals surface area (Å²) >= 11 is 0. The van der Waals surface area contributed by atoms with Gasteiger partial charge in [-0.05, 0) is 35.9 Å². The zero-order valence-electron chi connectivity index (χ0n) is 15.3. The number of nitrogens with zero attached hydrogens (tertiary/aromatic N) is 3. The topological polar surface area (TPSA) is 70.1 Å². The molecule has 0 unspecified atom stereocenters. The third-order valence-electron chi connectivity index (χ3n) is 4.58. The van der Waals surface area contributed by atoms with E-state index in [-0.39, 0.29) is 5.91 Å². The third-order valence-corrected chi connectivity index (χ3v) is 4.58. The molecule has 1 amide bonds. The quantitative estimate of drug-likeness (QED) is 0.527. The Kier molecular flexibility index (Phi) is 4.61. The van der Waals surface area contributed by atoms with Crippen molar-refractivity contribution in [1.82, 2.24) is 10.1 Å². The number of carbonyl (C=O) groups is 1. The molecule has 0 aliphatic rings. The molecule has 3 aromatic carbocycles. The van der Waals surface area contributed by atoms with Crippen molar-refractivity contribution < 1.29 is 9.32 Å². The monoisotopic (exact) mass is 367 g/mol. The molecule has 1 heterocycles. The lowest BCUT2D eigenvalue weighted by Gasteiger charge is -2.17. The van der Waals surface area contributed by atoms with E-state index >= 15 is 0 Å². The van der Waals surface area contributed by atoms with Crippen molar-refractivity contribution in [2.45, 2.75) is 6.54 Å². The van der Waals surface area contributed by atoms with Gasteiger partial charge < -0.3 is 9.42 Å². The van der Waals surface area contributed by atoms with Crippen LogP contribution in [-0.4, -0.2) is 23.0 Å². The minimum absolute atomic E-state index is 0.107. The maximum absolute atomic E-state index is 12.9. The molecule has 0 atom stereocenters. The second kappa shape index (κ2) is 7.37. The molecule has 4 rings (SSSR count). The molecule has 28 heavy (non-hydrogen) atoms. The minimum atomic E-state index is -0.107. The van der Waals surface area contributed by atoms with Crippen molar-refractivity contribution in [2.24, 2.45) is 0 Å². The van der Waals surface area contributed by atoms with Crippen LogP contribution in [0, 0.1) is 11.3 Å². The van der Waals surface area contributed by atoms with Gasteiger partial charge in [-0.15, -0.1) is 0 Å². The fraction of sp³-hybridized carbons (Fsp3) is 0.0870. The molecule has 0 radical (unpaired) electrons. The molecular formula is C23H17N3O2. The molecule has 1 aromatic heterocycles. The lowest BCUT2D eigenvalue weighted by Crippen LogP contribution is -2.26. The van der Waals surface area contributed by atoms with E-state index in [9.17, 15) is 4.79 Å². The average Bonchev–Trinajstić information content (AvgIpc) is 3.17. The molecule has 0 bridgehead atoms. The summed E-state index contributed by atoms with van der Waals surface area (Å²) in [6.07, 6.45) is 0. The van der Waals surface area contributed by atoms with Gasteiger partial charge >= 0.3 is 0 Å². The molecule has 0 spiro atoms. The molecular weight excluding hydrogens is 350 g/mol. The van der Waals surface area contributed by atoms with Crippen molar-refractivity contribution in [2.75, 3.05) is 7.05 Å². The second-order valence-corrected chi connectivity index (χ2v) is 6.58. The highest BCUT2D eigenvalue weighted by atomic mass is 16.5. The smallest absolute Gasteiger partial charge is 0.253 e. The Balaban J connectivity index is 1.63. The van der Waals surface area contributed by atoms with E-state index in [1.807, 2.05) is 48.5 Å². The Hall–Kier alpha value is -3.91. The summed E-state index contributed by atoms with van der Waals surface area (Å²) < 4.78 is 5.51. The Labute approximate surface area is 162 Å². The fourth-order valence-corrected chi connectivity index (χ4v) is 3.18. The number of amides is 1. The molecule has 0 N–H and O–H groups in total. The van der Waals surface area contributed by atoms with Crippen LogP contribution in [0.2, 0.25) is 0 Å². The zero-order valence-corrected chi connectivity index (χ0v) is 15.3. The van der Waals surface area contributed by atoms with E-state index in [0.29, 0.717) is 28.9 Å². The van der Waals surface area contributed by atoms with Crippen molar-refractivity contribution in [1.29, 1.82) is 5.26 Å². The van der Waals surface area contributed by atoms with E-state index in [1.54, 1.807) is 36.2 Å². The largest absolute Gasteiger partial charge is 0.355 e. The molecule has 0 saturated carbocycles. The number of hydrogen-bond acceptors (Lipinski definition) is 4. The minimum Gasteiger partial charge on any atom is -0.355 e. The summed E-state index contributed by atoms with van der Waals surface area (Å²) in [5.41, 5.74) is 3.67. The van der Waals surface area contributed by atoms with Gasteiger partial charge in [0.05, 0.1) is 17.0 Å². The van der Waals surface area contributed by atoms with Crippen LogP contribution in [0.1, 0.15) is 21.5 Å². The highest BCUT2D eigenvalue weighted by Gasteiger charge is 2.16. The Morgan fingerprint density at radius 2 is 1.89 bits per heavy atom. The van der Waals surface area contributed by atoms with Crippen molar-refractivity contribution in [3.05, 3.63) is 89.5 Å². The van der Waals surface area contributed by atoms with Crippen LogP contribution in [0.25, 0.3) is 22.2 Å². The SMILES string of the molecule is CN(Cc1cccc(C#N)c1)C(=O)c1ccc2noc(-c3ccccc3)c2c1. The second-order valence-electron chi connectivity index (χ2n) is 6.58. The summed E-state index contributed by atoms with van der Waals surface area (Å²) in [5, 5.41) is 13.9. The predicted molar refractivity (Wildman–Crippen MR) is 106 cm³/mol. The Morgan fingerprint density at radius 1 is 1.07 bits per heavy atom. The van der Waals surface area contributed by atoms with E-state index in [4.69, 9.17) is 9.78 Å². The zero-order chi connectivity index (χ0) is 19.5. The molecule has 5 heteroatoms. The fourth-order valence-electron chi connectivity index (χ4n) is 3.18. The van der Waals surface area contributed by atoms with Crippen molar-refractivity contribution in [3.63, 3.8) is 0 Å². The normalized spacial score (nSPS) is 10.6. The van der Waals surface area contributed by atoms with E-state index in [2.05, 4.69) is 11.2 Å². The van der Waals surface area contributed by atoms with Gasteiger partial charge in [-0.3, -0.25) is 4.79 Å². The molecule has 0 aliphatic carbocycles. The number of hydrogen-bond donors (Lipinski definition) is 0. The summed E-state index contributed by atoms with van der Waals surface area (Å²) in [6, 6.07) is 24.4. The van der Waals surface area contributed by atoms with Crippen LogP contribution in [0.3, 0.4) is 0 Å². The molecule has 0 fully saturated rings. The summed E-state index contributed by atoms with van der Waals surface area (Å²) in [6.45, 7) is 0.418. The number of aromatic nitrogens is 1. The highest BCUT2D eigenvalue weighted by molar-refractivity contribution is 6.00. The van der Waals surface area contributed by atoms with Gasteiger partial charge in [-0.1, -0.05) is 47.6 Å².